The van der Waals surface area contributed by atoms with Gasteiger partial charge in [-0.25, -0.2) is 0 Å². The van der Waals surface area contributed by atoms with E-state index in [2.05, 4.69) is 5.32 Å². The quantitative estimate of drug-likeness (QED) is 0.586. The number of ether oxygens (including phenoxy) is 1. The summed E-state index contributed by atoms with van der Waals surface area (Å²) in [5.41, 5.74) is 0.163. The lowest BCUT2D eigenvalue weighted by Crippen LogP contribution is -2.27. The van der Waals surface area contributed by atoms with Crippen molar-refractivity contribution in [3.05, 3.63) is 29.8 Å². The molecule has 2 N–H and O–H groups in total. The average Bonchev–Trinajstić information content (AvgIpc) is 2.28. The summed E-state index contributed by atoms with van der Waals surface area (Å²) in [6.45, 7) is 0.690. The molecule has 0 aliphatic rings. The third kappa shape index (κ3) is 4.14. The Morgan fingerprint density at radius 1 is 1.47 bits per heavy atom. The van der Waals surface area contributed by atoms with Crippen molar-refractivity contribution >= 4 is 16.0 Å². The van der Waals surface area contributed by atoms with Crippen LogP contribution in [-0.4, -0.2) is 39.1 Å². The lowest BCUT2D eigenvalue weighted by atomic mass is 10.2. The number of carbonyl (C=O) groups excluding carboxylic acids is 1. The molecule has 0 radical (unpaired) electrons. The predicted molar refractivity (Wildman–Crippen MR) is 60.5 cm³/mol. The second-order valence-electron chi connectivity index (χ2n) is 3.25. The van der Waals surface area contributed by atoms with Gasteiger partial charge in [-0.1, -0.05) is 6.07 Å². The number of methoxy groups -OCH3 is 1. The van der Waals surface area contributed by atoms with Crippen LogP contribution in [0.2, 0.25) is 0 Å². The van der Waals surface area contributed by atoms with Gasteiger partial charge in [0.05, 0.1) is 11.5 Å². The molecule has 0 aromatic heterocycles. The van der Waals surface area contributed by atoms with Crippen LogP contribution in [0.5, 0.6) is 0 Å². The number of benzene rings is 1. The highest BCUT2D eigenvalue weighted by atomic mass is 32.2. The molecule has 6 nitrogen and oxygen atoms in total. The van der Waals surface area contributed by atoms with E-state index in [4.69, 9.17) is 9.29 Å². The van der Waals surface area contributed by atoms with Crippen LogP contribution in [0.25, 0.3) is 0 Å². The monoisotopic (exact) mass is 259 g/mol. The summed E-state index contributed by atoms with van der Waals surface area (Å²) in [6, 6.07) is 5.16. The van der Waals surface area contributed by atoms with Gasteiger partial charge in [0.1, 0.15) is 0 Å². The number of rotatable bonds is 5. The standard InChI is InChI=1S/C10H13NO5S/c1-16-6-5-11-10(12)8-3-2-4-9(7-8)17(13,14)15/h2-4,7H,5-6H2,1H3,(H,11,12)(H,13,14,15). The molecule has 1 aromatic carbocycles. The minimum atomic E-state index is -4.29. The highest BCUT2D eigenvalue weighted by Gasteiger charge is 2.12. The van der Waals surface area contributed by atoms with Crippen LogP contribution in [0.4, 0.5) is 0 Å². The van der Waals surface area contributed by atoms with E-state index >= 15 is 0 Å². The highest BCUT2D eigenvalue weighted by molar-refractivity contribution is 7.85. The van der Waals surface area contributed by atoms with Crippen molar-refractivity contribution in [2.24, 2.45) is 0 Å². The first-order chi connectivity index (χ1) is 7.95. The normalized spacial score (nSPS) is 11.2. The van der Waals surface area contributed by atoms with Gasteiger partial charge in [-0.2, -0.15) is 8.42 Å². The van der Waals surface area contributed by atoms with E-state index < -0.39 is 16.0 Å². The number of amides is 1. The highest BCUT2D eigenvalue weighted by Crippen LogP contribution is 2.10. The van der Waals surface area contributed by atoms with Gasteiger partial charge < -0.3 is 10.1 Å². The van der Waals surface area contributed by atoms with Crippen molar-refractivity contribution in [1.82, 2.24) is 5.32 Å². The first-order valence-corrected chi connectivity index (χ1v) is 6.24. The van der Waals surface area contributed by atoms with Gasteiger partial charge in [-0.15, -0.1) is 0 Å². The molecule has 0 saturated heterocycles. The zero-order valence-corrected chi connectivity index (χ0v) is 10.0. The van der Waals surface area contributed by atoms with E-state index in [-0.39, 0.29) is 10.5 Å². The van der Waals surface area contributed by atoms with E-state index in [1.807, 2.05) is 0 Å². The molecule has 17 heavy (non-hydrogen) atoms. The number of hydrogen-bond acceptors (Lipinski definition) is 4. The molecule has 0 aliphatic heterocycles. The van der Waals surface area contributed by atoms with Crippen molar-refractivity contribution in [3.63, 3.8) is 0 Å². The van der Waals surface area contributed by atoms with Crippen molar-refractivity contribution < 1.29 is 22.5 Å². The van der Waals surface area contributed by atoms with E-state index in [1.54, 1.807) is 0 Å². The third-order valence-corrected chi connectivity index (χ3v) is 2.84. The van der Waals surface area contributed by atoms with Crippen LogP contribution in [0.1, 0.15) is 10.4 Å². The van der Waals surface area contributed by atoms with Crippen molar-refractivity contribution in [2.75, 3.05) is 20.3 Å². The number of nitrogens with one attached hydrogen (secondary N) is 1. The van der Waals surface area contributed by atoms with Crippen LogP contribution in [0, 0.1) is 0 Å². The molecule has 1 amide bonds. The van der Waals surface area contributed by atoms with Gasteiger partial charge in [0.25, 0.3) is 16.0 Å². The molecule has 0 fully saturated rings. The number of carbonyl (C=O) groups is 1. The Morgan fingerprint density at radius 2 is 2.18 bits per heavy atom. The van der Waals surface area contributed by atoms with Crippen LogP contribution in [0.15, 0.2) is 29.2 Å². The van der Waals surface area contributed by atoms with E-state index in [1.165, 1.54) is 25.3 Å². The van der Waals surface area contributed by atoms with Gasteiger partial charge in [0.2, 0.25) is 0 Å². The van der Waals surface area contributed by atoms with E-state index in [0.29, 0.717) is 13.2 Å². The second-order valence-corrected chi connectivity index (χ2v) is 4.67. The molecule has 0 spiro atoms. The summed E-state index contributed by atoms with van der Waals surface area (Å²) in [6.07, 6.45) is 0. The topological polar surface area (TPSA) is 92.7 Å². The second kappa shape index (κ2) is 5.76. The predicted octanol–water partition coefficient (Wildman–Crippen LogP) is 0.309. The summed E-state index contributed by atoms with van der Waals surface area (Å²) in [5, 5.41) is 2.54. The minimum Gasteiger partial charge on any atom is -0.383 e. The summed E-state index contributed by atoms with van der Waals surface area (Å²) in [5.74, 6) is -0.424. The lowest BCUT2D eigenvalue weighted by Gasteiger charge is -2.05. The van der Waals surface area contributed by atoms with Gasteiger partial charge in [-0.05, 0) is 18.2 Å². The zero-order valence-electron chi connectivity index (χ0n) is 9.21. The minimum absolute atomic E-state index is 0.163. The first-order valence-electron chi connectivity index (χ1n) is 4.80. The van der Waals surface area contributed by atoms with Gasteiger partial charge in [-0.3, -0.25) is 9.35 Å². The molecule has 94 valence electrons. The molecular formula is C10H13NO5S. The van der Waals surface area contributed by atoms with Crippen molar-refractivity contribution in [1.29, 1.82) is 0 Å². The van der Waals surface area contributed by atoms with Crippen LogP contribution in [0.3, 0.4) is 0 Å². The fourth-order valence-corrected chi connectivity index (χ4v) is 1.69. The summed E-state index contributed by atoms with van der Waals surface area (Å²) in [7, 11) is -2.78. The molecule has 0 bridgehead atoms. The molecule has 0 unspecified atom stereocenters. The van der Waals surface area contributed by atoms with Crippen LogP contribution in [-0.2, 0) is 14.9 Å². The molecule has 0 atom stereocenters. The Morgan fingerprint density at radius 3 is 2.76 bits per heavy atom. The maximum absolute atomic E-state index is 11.6. The lowest BCUT2D eigenvalue weighted by molar-refractivity contribution is 0.0937. The van der Waals surface area contributed by atoms with Gasteiger partial charge in [0, 0.05) is 19.2 Å². The van der Waals surface area contributed by atoms with Gasteiger partial charge in [0.15, 0.2) is 0 Å². The summed E-state index contributed by atoms with van der Waals surface area (Å²) < 4.78 is 35.3. The van der Waals surface area contributed by atoms with E-state index in [9.17, 15) is 13.2 Å². The fourth-order valence-electron chi connectivity index (χ4n) is 1.17. The van der Waals surface area contributed by atoms with Crippen molar-refractivity contribution in [2.45, 2.75) is 4.90 Å². The molecular weight excluding hydrogens is 246 g/mol. The Labute approximate surface area is 99.3 Å². The van der Waals surface area contributed by atoms with E-state index in [0.717, 1.165) is 6.07 Å². The van der Waals surface area contributed by atoms with Gasteiger partial charge >= 0.3 is 0 Å². The number of hydrogen-bond donors (Lipinski definition) is 2. The van der Waals surface area contributed by atoms with Crippen LogP contribution < -0.4 is 5.32 Å². The Kier molecular flexibility index (Phi) is 4.62. The molecule has 1 aromatic rings. The van der Waals surface area contributed by atoms with Crippen molar-refractivity contribution in [3.8, 4) is 0 Å². The zero-order chi connectivity index (χ0) is 12.9. The summed E-state index contributed by atoms with van der Waals surface area (Å²) >= 11 is 0. The average molecular weight is 259 g/mol. The molecule has 0 saturated carbocycles. The first kappa shape index (κ1) is 13.6. The summed E-state index contributed by atoms with van der Waals surface area (Å²) in [4.78, 5) is 11.2. The SMILES string of the molecule is COCCNC(=O)c1cccc(S(=O)(=O)O)c1. The smallest absolute Gasteiger partial charge is 0.294 e. The maximum atomic E-state index is 11.6. The Balaban J connectivity index is 2.82. The molecule has 7 heteroatoms. The fraction of sp³-hybridized carbons (Fsp3) is 0.300. The third-order valence-electron chi connectivity index (χ3n) is 1.99. The largest absolute Gasteiger partial charge is 0.383 e. The maximum Gasteiger partial charge on any atom is 0.294 e. The molecule has 0 aliphatic carbocycles. The molecule has 0 heterocycles. The van der Waals surface area contributed by atoms with Crippen LogP contribution >= 0.6 is 0 Å². The Hall–Kier alpha value is -1.44. The molecule has 1 rings (SSSR count). The Bertz CT molecular complexity index is 497.